The molecule has 0 saturated heterocycles. The Morgan fingerprint density at radius 3 is 2.37 bits per heavy atom. The van der Waals surface area contributed by atoms with Gasteiger partial charge in [0.1, 0.15) is 6.04 Å². The van der Waals surface area contributed by atoms with Gasteiger partial charge in [0.05, 0.1) is 6.54 Å². The molecule has 1 aromatic carbocycles. The van der Waals surface area contributed by atoms with E-state index in [1.54, 1.807) is 30.3 Å². The number of carboxylic acids is 1. The number of amides is 2. The first-order valence-electron chi connectivity index (χ1n) is 5.74. The highest BCUT2D eigenvalue weighted by Gasteiger charge is 2.18. The third-order valence-corrected chi connectivity index (χ3v) is 2.50. The number of carbonyl (C=O) groups excluding carboxylic acids is 2. The first-order chi connectivity index (χ1) is 8.91. The maximum atomic E-state index is 11.9. The van der Waals surface area contributed by atoms with Crippen molar-refractivity contribution in [1.82, 2.24) is 10.2 Å². The maximum absolute atomic E-state index is 11.9. The molecule has 0 heterocycles. The summed E-state index contributed by atoms with van der Waals surface area (Å²) in [6.07, 6.45) is 0. The first-order valence-corrected chi connectivity index (χ1v) is 5.74. The Kier molecular flexibility index (Phi) is 5.05. The number of benzene rings is 1. The molecule has 0 radical (unpaired) electrons. The second kappa shape index (κ2) is 6.53. The van der Waals surface area contributed by atoms with Gasteiger partial charge in [-0.25, -0.2) is 0 Å². The molecule has 0 spiro atoms. The van der Waals surface area contributed by atoms with E-state index < -0.39 is 17.9 Å². The summed E-state index contributed by atoms with van der Waals surface area (Å²) in [6.45, 7) is 1.17. The molecule has 1 aromatic rings. The number of carbonyl (C=O) groups is 3. The van der Waals surface area contributed by atoms with E-state index in [0.717, 1.165) is 0 Å². The van der Waals surface area contributed by atoms with Crippen molar-refractivity contribution >= 4 is 17.8 Å². The lowest BCUT2D eigenvalue weighted by atomic mass is 10.2. The highest BCUT2D eigenvalue weighted by atomic mass is 16.4. The van der Waals surface area contributed by atoms with Crippen LogP contribution in [0.5, 0.6) is 0 Å². The smallest absolute Gasteiger partial charge is 0.325 e. The quantitative estimate of drug-likeness (QED) is 0.803. The number of likely N-dealkylation sites (N-methyl/N-ethyl adjacent to an activating group) is 1. The van der Waals surface area contributed by atoms with Crippen LogP contribution in [-0.2, 0) is 9.59 Å². The van der Waals surface area contributed by atoms with Crippen molar-refractivity contribution in [3.63, 3.8) is 0 Å². The molecule has 0 aliphatic rings. The fourth-order valence-electron chi connectivity index (χ4n) is 1.44. The highest BCUT2D eigenvalue weighted by molar-refractivity contribution is 5.96. The summed E-state index contributed by atoms with van der Waals surface area (Å²) in [5.74, 6) is -1.93. The zero-order valence-corrected chi connectivity index (χ0v) is 10.8. The minimum atomic E-state index is -1.12. The summed E-state index contributed by atoms with van der Waals surface area (Å²) >= 11 is 0. The Hall–Kier alpha value is -2.37. The van der Waals surface area contributed by atoms with E-state index >= 15 is 0 Å². The van der Waals surface area contributed by atoms with Gasteiger partial charge in [0.15, 0.2) is 0 Å². The van der Waals surface area contributed by atoms with Crippen LogP contribution < -0.4 is 5.32 Å². The van der Waals surface area contributed by atoms with Gasteiger partial charge in [-0.3, -0.25) is 14.4 Å². The van der Waals surface area contributed by atoms with Crippen molar-refractivity contribution in [2.45, 2.75) is 13.0 Å². The number of carboxylic acid groups (broad SMARTS) is 1. The predicted molar refractivity (Wildman–Crippen MR) is 68.6 cm³/mol. The van der Waals surface area contributed by atoms with E-state index in [-0.39, 0.29) is 12.5 Å². The number of hydrogen-bond acceptors (Lipinski definition) is 3. The third kappa shape index (κ3) is 4.42. The highest BCUT2D eigenvalue weighted by Crippen LogP contribution is 2.02. The second-order valence-electron chi connectivity index (χ2n) is 4.15. The minimum absolute atomic E-state index is 0.189. The van der Waals surface area contributed by atoms with Crippen LogP contribution in [-0.4, -0.2) is 47.4 Å². The van der Waals surface area contributed by atoms with E-state index in [4.69, 9.17) is 5.11 Å². The van der Waals surface area contributed by atoms with Crippen LogP contribution in [0.15, 0.2) is 30.3 Å². The van der Waals surface area contributed by atoms with Crippen LogP contribution in [0.2, 0.25) is 0 Å². The molecule has 19 heavy (non-hydrogen) atoms. The largest absolute Gasteiger partial charge is 0.480 e. The molecule has 0 aliphatic carbocycles. The molecule has 1 rings (SSSR count). The second-order valence-corrected chi connectivity index (χ2v) is 4.15. The number of nitrogens with zero attached hydrogens (tertiary/aromatic N) is 1. The van der Waals surface area contributed by atoms with Crippen molar-refractivity contribution in [3.05, 3.63) is 35.9 Å². The molecule has 2 amide bonds. The van der Waals surface area contributed by atoms with E-state index in [2.05, 4.69) is 5.32 Å². The molecule has 1 atom stereocenters. The van der Waals surface area contributed by atoms with Gasteiger partial charge in [0.25, 0.3) is 5.91 Å². The monoisotopic (exact) mass is 264 g/mol. The summed E-state index contributed by atoms with van der Waals surface area (Å²) in [4.78, 5) is 35.3. The first kappa shape index (κ1) is 14.7. The van der Waals surface area contributed by atoms with Crippen LogP contribution in [0.4, 0.5) is 0 Å². The summed E-state index contributed by atoms with van der Waals surface area (Å²) < 4.78 is 0. The van der Waals surface area contributed by atoms with E-state index in [1.165, 1.54) is 18.9 Å². The number of hydrogen-bond donors (Lipinski definition) is 2. The number of aliphatic carboxylic acids is 1. The summed E-state index contributed by atoms with van der Waals surface area (Å²) in [7, 11) is 1.49. The fraction of sp³-hybridized carbons (Fsp3) is 0.308. The Morgan fingerprint density at radius 1 is 1.26 bits per heavy atom. The Bertz CT molecular complexity index is 473. The van der Waals surface area contributed by atoms with Crippen LogP contribution >= 0.6 is 0 Å². The number of rotatable bonds is 5. The standard InChI is InChI=1S/C13H16N2O4/c1-9(13(18)19)14-11(16)8-15(2)12(17)10-6-4-3-5-7-10/h3-7,9H,8H2,1-2H3,(H,14,16)(H,18,19)/t9-/m0/s1. The van der Waals surface area contributed by atoms with Crippen LogP contribution in [0.25, 0.3) is 0 Å². The van der Waals surface area contributed by atoms with Gasteiger partial charge in [0, 0.05) is 12.6 Å². The normalized spacial score (nSPS) is 11.5. The Balaban J connectivity index is 2.55. The SMILES string of the molecule is C[C@H](NC(=O)CN(C)C(=O)c1ccccc1)C(=O)O. The molecule has 0 fully saturated rings. The zero-order chi connectivity index (χ0) is 14.4. The molecule has 0 aliphatic heterocycles. The average molecular weight is 264 g/mol. The van der Waals surface area contributed by atoms with E-state index in [9.17, 15) is 14.4 Å². The predicted octanol–water partition coefficient (Wildman–Crippen LogP) is 0.348. The molecule has 2 N–H and O–H groups in total. The fourth-order valence-corrected chi connectivity index (χ4v) is 1.44. The summed E-state index contributed by atoms with van der Waals surface area (Å²) in [5.41, 5.74) is 0.476. The molecular formula is C13H16N2O4. The minimum Gasteiger partial charge on any atom is -0.480 e. The number of nitrogens with one attached hydrogen (secondary N) is 1. The molecule has 102 valence electrons. The van der Waals surface area contributed by atoms with E-state index in [0.29, 0.717) is 5.56 Å². The Morgan fingerprint density at radius 2 is 1.84 bits per heavy atom. The van der Waals surface area contributed by atoms with E-state index in [1.807, 2.05) is 0 Å². The van der Waals surface area contributed by atoms with Gasteiger partial charge < -0.3 is 15.3 Å². The average Bonchev–Trinajstić information content (AvgIpc) is 2.38. The molecule has 0 aromatic heterocycles. The van der Waals surface area contributed by atoms with Gasteiger partial charge in [-0.1, -0.05) is 18.2 Å². The van der Waals surface area contributed by atoms with Gasteiger partial charge in [0.2, 0.25) is 5.91 Å². The Labute approximate surface area is 111 Å². The maximum Gasteiger partial charge on any atom is 0.325 e. The zero-order valence-electron chi connectivity index (χ0n) is 10.8. The lowest BCUT2D eigenvalue weighted by Gasteiger charge is -2.17. The topological polar surface area (TPSA) is 86.7 Å². The van der Waals surface area contributed by atoms with Crippen molar-refractivity contribution in [2.24, 2.45) is 0 Å². The summed E-state index contributed by atoms with van der Waals surface area (Å²) in [5, 5.41) is 10.9. The van der Waals surface area contributed by atoms with Gasteiger partial charge in [-0.2, -0.15) is 0 Å². The van der Waals surface area contributed by atoms with Gasteiger partial charge in [-0.15, -0.1) is 0 Å². The third-order valence-electron chi connectivity index (χ3n) is 2.50. The molecule has 0 bridgehead atoms. The summed E-state index contributed by atoms with van der Waals surface area (Å²) in [6, 6.07) is 7.57. The molecule has 6 nitrogen and oxygen atoms in total. The van der Waals surface area contributed by atoms with Gasteiger partial charge >= 0.3 is 5.97 Å². The van der Waals surface area contributed by atoms with Crippen molar-refractivity contribution in [1.29, 1.82) is 0 Å². The van der Waals surface area contributed by atoms with Crippen molar-refractivity contribution in [2.75, 3.05) is 13.6 Å². The lowest BCUT2D eigenvalue weighted by Crippen LogP contribution is -2.44. The molecule has 0 saturated carbocycles. The van der Waals surface area contributed by atoms with Crippen molar-refractivity contribution in [3.8, 4) is 0 Å². The lowest BCUT2D eigenvalue weighted by molar-refractivity contribution is -0.141. The van der Waals surface area contributed by atoms with Crippen LogP contribution in [0.3, 0.4) is 0 Å². The molecule has 0 unspecified atom stereocenters. The molecular weight excluding hydrogens is 248 g/mol. The van der Waals surface area contributed by atoms with Gasteiger partial charge in [-0.05, 0) is 19.1 Å². The van der Waals surface area contributed by atoms with Crippen LogP contribution in [0, 0.1) is 0 Å². The molecule has 6 heteroatoms. The van der Waals surface area contributed by atoms with Crippen molar-refractivity contribution < 1.29 is 19.5 Å². The van der Waals surface area contributed by atoms with Crippen LogP contribution in [0.1, 0.15) is 17.3 Å².